The molecule has 0 aromatic heterocycles. The van der Waals surface area contributed by atoms with Gasteiger partial charge in [-0.1, -0.05) is 30.3 Å². The van der Waals surface area contributed by atoms with Gasteiger partial charge in [-0.25, -0.2) is 0 Å². The van der Waals surface area contributed by atoms with Gasteiger partial charge >= 0.3 is 0 Å². The van der Waals surface area contributed by atoms with E-state index in [0.717, 1.165) is 0 Å². The van der Waals surface area contributed by atoms with Crippen molar-refractivity contribution in [2.45, 2.75) is 0 Å². The third-order valence-electron chi connectivity index (χ3n) is 1.00. The Morgan fingerprint density at radius 3 is 1.91 bits per heavy atom. The largest absolute Gasteiger partial charge is 0.358 e. The molecular formula is C8H8ClOY-. The van der Waals surface area contributed by atoms with Crippen LogP contribution in [0.25, 0.3) is 0 Å². The van der Waals surface area contributed by atoms with Gasteiger partial charge in [0.05, 0.1) is 0 Å². The summed E-state index contributed by atoms with van der Waals surface area (Å²) in [5.41, 5.74) is 0.541. The molecule has 0 spiro atoms. The minimum absolute atomic E-state index is 0. The Morgan fingerprint density at radius 2 is 1.64 bits per heavy atom. The maximum atomic E-state index is 10.4. The van der Waals surface area contributed by atoms with E-state index in [9.17, 15) is 4.79 Å². The molecule has 1 radical (unpaired) electrons. The molecule has 0 N–H and O–H groups in total. The van der Waals surface area contributed by atoms with E-state index in [1.165, 1.54) is 0 Å². The smallest absolute Gasteiger partial charge is 0.252 e. The number of hydrogen-bond acceptors (Lipinski definition) is 1. The molecule has 0 bridgehead atoms. The van der Waals surface area contributed by atoms with Crippen LogP contribution in [0.5, 0.6) is 0 Å². The first kappa shape index (κ1) is 13.8. The Bertz CT molecular complexity index is 211. The third kappa shape index (κ3) is 4.68. The van der Waals surface area contributed by atoms with Gasteiger partial charge in [0, 0.05) is 38.3 Å². The van der Waals surface area contributed by atoms with Crippen molar-refractivity contribution in [1.29, 1.82) is 0 Å². The van der Waals surface area contributed by atoms with Gasteiger partial charge in [-0.2, -0.15) is 0 Å². The molecule has 1 nitrogen and oxygen atoms in total. The van der Waals surface area contributed by atoms with Crippen LogP contribution >= 0.6 is 11.6 Å². The van der Waals surface area contributed by atoms with E-state index in [1.807, 2.05) is 6.07 Å². The van der Waals surface area contributed by atoms with Crippen LogP contribution in [0.4, 0.5) is 0 Å². The topological polar surface area (TPSA) is 17.1 Å². The van der Waals surface area contributed by atoms with Crippen LogP contribution < -0.4 is 0 Å². The van der Waals surface area contributed by atoms with Crippen molar-refractivity contribution < 1.29 is 37.5 Å². The van der Waals surface area contributed by atoms with Crippen LogP contribution in [0.3, 0.4) is 0 Å². The number of rotatable bonds is 1. The van der Waals surface area contributed by atoms with Crippen molar-refractivity contribution in [3.8, 4) is 0 Å². The molecule has 3 heteroatoms. The second kappa shape index (κ2) is 6.96. The summed E-state index contributed by atoms with van der Waals surface area (Å²) in [6.45, 7) is 0. The molecule has 1 rings (SSSR count). The van der Waals surface area contributed by atoms with Crippen molar-refractivity contribution in [3.05, 3.63) is 43.3 Å². The quantitative estimate of drug-likeness (QED) is 0.548. The Labute approximate surface area is 97.0 Å². The first-order valence-corrected chi connectivity index (χ1v) is 2.93. The van der Waals surface area contributed by atoms with Gasteiger partial charge in [-0.15, -0.1) is 0 Å². The predicted octanol–water partition coefficient (Wildman–Crippen LogP) is 2.51. The van der Waals surface area contributed by atoms with Crippen molar-refractivity contribution in [2.75, 3.05) is 0 Å². The molecule has 0 saturated carbocycles. The summed E-state index contributed by atoms with van der Waals surface area (Å²) in [7, 11) is 0. The molecule has 0 aliphatic heterocycles. The SMILES string of the molecule is O=C(Cl)c1ccccc1.[CH3-].[Y]. The maximum absolute atomic E-state index is 10.4. The number of carbonyl (C=O) groups is 1. The molecule has 0 aliphatic carbocycles. The molecule has 0 aliphatic rings. The molecule has 1 aromatic rings. The monoisotopic (exact) mass is 244 g/mol. The fourth-order valence-electron chi connectivity index (χ4n) is 0.569. The maximum Gasteiger partial charge on any atom is 0.252 e. The van der Waals surface area contributed by atoms with Gasteiger partial charge in [-0.3, -0.25) is 4.79 Å². The Balaban J connectivity index is 0. The number of carbonyl (C=O) groups excluding carboxylic acids is 1. The molecule has 0 atom stereocenters. The average Bonchev–Trinajstić information content (AvgIpc) is 1.90. The van der Waals surface area contributed by atoms with E-state index < -0.39 is 5.24 Å². The molecule has 0 fully saturated rings. The van der Waals surface area contributed by atoms with Gasteiger partial charge < -0.3 is 7.43 Å². The number of benzene rings is 1. The van der Waals surface area contributed by atoms with E-state index >= 15 is 0 Å². The van der Waals surface area contributed by atoms with Crippen LogP contribution in [-0.4, -0.2) is 5.24 Å². The van der Waals surface area contributed by atoms with Crippen LogP contribution in [0, 0.1) is 7.43 Å². The van der Waals surface area contributed by atoms with Crippen molar-refractivity contribution in [3.63, 3.8) is 0 Å². The van der Waals surface area contributed by atoms with Crippen LogP contribution in [-0.2, 0) is 32.7 Å². The Kier molecular flexibility index (Phi) is 8.76. The minimum atomic E-state index is -0.407. The molecule has 0 saturated heterocycles. The van der Waals surface area contributed by atoms with Crippen LogP contribution in [0.2, 0.25) is 0 Å². The summed E-state index contributed by atoms with van der Waals surface area (Å²) in [5, 5.41) is -0.407. The van der Waals surface area contributed by atoms with Gasteiger partial charge in [0.1, 0.15) is 0 Å². The molecule has 0 unspecified atom stereocenters. The van der Waals surface area contributed by atoms with Gasteiger partial charge in [0.25, 0.3) is 5.24 Å². The van der Waals surface area contributed by atoms with E-state index in [1.54, 1.807) is 24.3 Å². The molecule has 0 heterocycles. The molecule has 0 amide bonds. The van der Waals surface area contributed by atoms with Crippen molar-refractivity contribution in [1.82, 2.24) is 0 Å². The zero-order valence-corrected chi connectivity index (χ0v) is 9.84. The fourth-order valence-corrected chi connectivity index (χ4v) is 0.695. The second-order valence-corrected chi connectivity index (χ2v) is 1.98. The van der Waals surface area contributed by atoms with Gasteiger partial charge in [0.2, 0.25) is 0 Å². The van der Waals surface area contributed by atoms with Crippen molar-refractivity contribution in [2.24, 2.45) is 0 Å². The van der Waals surface area contributed by atoms with Crippen LogP contribution in [0.15, 0.2) is 30.3 Å². The summed E-state index contributed by atoms with van der Waals surface area (Å²) in [6.07, 6.45) is 0. The summed E-state index contributed by atoms with van der Waals surface area (Å²) in [6, 6.07) is 8.74. The minimum Gasteiger partial charge on any atom is -0.358 e. The van der Waals surface area contributed by atoms with Gasteiger partial charge in [0.15, 0.2) is 0 Å². The second-order valence-electron chi connectivity index (χ2n) is 1.64. The first-order valence-electron chi connectivity index (χ1n) is 2.55. The molecule has 11 heavy (non-hydrogen) atoms. The Morgan fingerprint density at radius 1 is 1.18 bits per heavy atom. The molecule has 1 aromatic carbocycles. The predicted molar refractivity (Wildman–Crippen MR) is 43.0 cm³/mol. The Hall–Kier alpha value is 0.284. The zero-order chi connectivity index (χ0) is 6.69. The number of hydrogen-bond donors (Lipinski definition) is 0. The van der Waals surface area contributed by atoms with E-state index in [-0.39, 0.29) is 40.1 Å². The first-order chi connectivity index (χ1) is 4.30. The molecule has 57 valence electrons. The van der Waals surface area contributed by atoms with E-state index in [4.69, 9.17) is 11.6 Å². The summed E-state index contributed by atoms with van der Waals surface area (Å²) < 4.78 is 0. The summed E-state index contributed by atoms with van der Waals surface area (Å²) in [5.74, 6) is 0. The average molecular weight is 245 g/mol. The fraction of sp³-hybridized carbons (Fsp3) is 0. The third-order valence-corrected chi connectivity index (χ3v) is 1.22. The standard InChI is InChI=1S/C7H5ClO.CH3.Y/c8-7(9)6-4-2-1-3-5-6;;/h1-5H;1H3;/q;-1;. The van der Waals surface area contributed by atoms with Crippen molar-refractivity contribution >= 4 is 16.8 Å². The van der Waals surface area contributed by atoms with E-state index in [2.05, 4.69) is 0 Å². The van der Waals surface area contributed by atoms with E-state index in [0.29, 0.717) is 5.56 Å². The summed E-state index contributed by atoms with van der Waals surface area (Å²) >= 11 is 5.16. The summed E-state index contributed by atoms with van der Waals surface area (Å²) in [4.78, 5) is 10.4. The van der Waals surface area contributed by atoms with Crippen LogP contribution in [0.1, 0.15) is 10.4 Å². The zero-order valence-electron chi connectivity index (χ0n) is 6.25. The number of halogens is 1. The normalized spacial score (nSPS) is 7.36. The molecular weight excluding hydrogens is 236 g/mol. The van der Waals surface area contributed by atoms with Gasteiger partial charge in [-0.05, 0) is 11.6 Å².